The maximum atomic E-state index is 4.31. The Morgan fingerprint density at radius 1 is 1.40 bits per heavy atom. The summed E-state index contributed by atoms with van der Waals surface area (Å²) in [6.45, 7) is 3.42. The average molecular weight is 202 g/mol. The molecule has 15 heavy (non-hydrogen) atoms. The number of aromatic nitrogens is 1. The Bertz CT molecular complexity index is 330. The Kier molecular flexibility index (Phi) is 3.38. The number of allylic oxidation sites excluding steroid dienone is 1. The standard InChI is InChI=1S/C13H18N2/c1-11-5-6-13(15-9-7-11)10-12-4-2-3-8-14-12/h2-4,8,10-11,15H,5-7,9H2,1H3. The van der Waals surface area contributed by atoms with Crippen LogP contribution in [0.1, 0.15) is 31.9 Å². The number of rotatable bonds is 1. The van der Waals surface area contributed by atoms with Crippen molar-refractivity contribution in [2.75, 3.05) is 6.54 Å². The van der Waals surface area contributed by atoms with E-state index in [-0.39, 0.29) is 0 Å². The van der Waals surface area contributed by atoms with E-state index in [0.29, 0.717) is 0 Å². The second-order valence-electron chi connectivity index (χ2n) is 4.28. The van der Waals surface area contributed by atoms with Gasteiger partial charge in [0, 0.05) is 18.4 Å². The second-order valence-corrected chi connectivity index (χ2v) is 4.28. The van der Waals surface area contributed by atoms with Crippen LogP contribution in [0.2, 0.25) is 0 Å². The first-order valence-corrected chi connectivity index (χ1v) is 5.70. The minimum atomic E-state index is 0.840. The van der Waals surface area contributed by atoms with Crippen molar-refractivity contribution < 1.29 is 0 Å². The minimum Gasteiger partial charge on any atom is -0.388 e. The lowest BCUT2D eigenvalue weighted by atomic mass is 10.0. The summed E-state index contributed by atoms with van der Waals surface area (Å²) in [5.74, 6) is 0.840. The highest BCUT2D eigenvalue weighted by Gasteiger charge is 2.09. The number of hydrogen-bond donors (Lipinski definition) is 1. The van der Waals surface area contributed by atoms with Gasteiger partial charge in [0.25, 0.3) is 0 Å². The van der Waals surface area contributed by atoms with Gasteiger partial charge >= 0.3 is 0 Å². The molecule has 0 radical (unpaired) electrons. The molecule has 0 spiro atoms. The van der Waals surface area contributed by atoms with E-state index in [2.05, 4.69) is 23.3 Å². The fraction of sp³-hybridized carbons (Fsp3) is 0.462. The third kappa shape index (κ3) is 3.08. The second kappa shape index (κ2) is 4.96. The Balaban J connectivity index is 2.06. The van der Waals surface area contributed by atoms with Crippen molar-refractivity contribution in [2.45, 2.75) is 26.2 Å². The van der Waals surface area contributed by atoms with Crippen molar-refractivity contribution in [2.24, 2.45) is 5.92 Å². The molecule has 1 unspecified atom stereocenters. The van der Waals surface area contributed by atoms with Gasteiger partial charge in [-0.15, -0.1) is 0 Å². The van der Waals surface area contributed by atoms with Crippen LogP contribution in [-0.2, 0) is 0 Å². The van der Waals surface area contributed by atoms with Crippen molar-refractivity contribution in [3.05, 3.63) is 35.8 Å². The van der Waals surface area contributed by atoms with Crippen molar-refractivity contribution in [1.29, 1.82) is 0 Å². The van der Waals surface area contributed by atoms with Gasteiger partial charge in [0.2, 0.25) is 0 Å². The molecule has 2 heterocycles. The van der Waals surface area contributed by atoms with Gasteiger partial charge in [-0.2, -0.15) is 0 Å². The quantitative estimate of drug-likeness (QED) is 0.757. The Hall–Kier alpha value is -1.31. The molecule has 1 aliphatic rings. The van der Waals surface area contributed by atoms with Crippen LogP contribution in [0.5, 0.6) is 0 Å². The monoisotopic (exact) mass is 202 g/mol. The first-order valence-electron chi connectivity index (χ1n) is 5.70. The van der Waals surface area contributed by atoms with Gasteiger partial charge in [-0.3, -0.25) is 4.98 Å². The van der Waals surface area contributed by atoms with E-state index >= 15 is 0 Å². The maximum Gasteiger partial charge on any atom is 0.0646 e. The lowest BCUT2D eigenvalue weighted by molar-refractivity contribution is 0.520. The molecule has 1 saturated heterocycles. The van der Waals surface area contributed by atoms with E-state index in [1.54, 1.807) is 0 Å². The summed E-state index contributed by atoms with van der Waals surface area (Å²) in [5, 5.41) is 3.48. The molecule has 1 aliphatic heterocycles. The van der Waals surface area contributed by atoms with Crippen molar-refractivity contribution in [1.82, 2.24) is 10.3 Å². The molecule has 1 aromatic rings. The summed E-state index contributed by atoms with van der Waals surface area (Å²) in [6.07, 6.45) is 7.72. The van der Waals surface area contributed by atoms with Crippen LogP contribution in [0, 0.1) is 5.92 Å². The molecule has 1 fully saturated rings. The largest absolute Gasteiger partial charge is 0.388 e. The molecule has 80 valence electrons. The summed E-state index contributed by atoms with van der Waals surface area (Å²) >= 11 is 0. The number of nitrogens with one attached hydrogen (secondary N) is 1. The third-order valence-corrected chi connectivity index (χ3v) is 2.91. The maximum absolute atomic E-state index is 4.31. The fourth-order valence-electron chi connectivity index (χ4n) is 1.88. The highest BCUT2D eigenvalue weighted by Crippen LogP contribution is 2.18. The zero-order valence-electron chi connectivity index (χ0n) is 9.24. The molecule has 1 atom stereocenters. The Labute approximate surface area is 91.4 Å². The van der Waals surface area contributed by atoms with Crippen LogP contribution in [0.4, 0.5) is 0 Å². The third-order valence-electron chi connectivity index (χ3n) is 2.91. The van der Waals surface area contributed by atoms with Crippen LogP contribution >= 0.6 is 0 Å². The van der Waals surface area contributed by atoms with E-state index in [1.807, 2.05) is 24.4 Å². The van der Waals surface area contributed by atoms with Gasteiger partial charge in [0.15, 0.2) is 0 Å². The number of pyridine rings is 1. The van der Waals surface area contributed by atoms with Gasteiger partial charge in [-0.05, 0) is 43.4 Å². The molecule has 1 N–H and O–H groups in total. The fourth-order valence-corrected chi connectivity index (χ4v) is 1.88. The predicted octanol–water partition coefficient (Wildman–Crippen LogP) is 2.83. The van der Waals surface area contributed by atoms with Crippen LogP contribution in [0.25, 0.3) is 6.08 Å². The summed E-state index contributed by atoms with van der Waals surface area (Å²) in [4.78, 5) is 4.31. The first kappa shape index (κ1) is 10.2. The van der Waals surface area contributed by atoms with Crippen molar-refractivity contribution in [3.8, 4) is 0 Å². The Morgan fingerprint density at radius 3 is 3.13 bits per heavy atom. The van der Waals surface area contributed by atoms with Crippen molar-refractivity contribution >= 4 is 6.08 Å². The Morgan fingerprint density at radius 2 is 2.33 bits per heavy atom. The lowest BCUT2D eigenvalue weighted by Crippen LogP contribution is -2.12. The zero-order valence-corrected chi connectivity index (χ0v) is 9.24. The highest BCUT2D eigenvalue weighted by molar-refractivity contribution is 5.47. The van der Waals surface area contributed by atoms with Gasteiger partial charge in [-0.25, -0.2) is 0 Å². The number of hydrogen-bond acceptors (Lipinski definition) is 2. The van der Waals surface area contributed by atoms with Crippen LogP contribution < -0.4 is 5.32 Å². The average Bonchev–Trinajstić information content (AvgIpc) is 2.46. The van der Waals surface area contributed by atoms with E-state index in [0.717, 1.165) is 24.6 Å². The minimum absolute atomic E-state index is 0.840. The van der Waals surface area contributed by atoms with Crippen LogP contribution in [0.3, 0.4) is 0 Å². The summed E-state index contributed by atoms with van der Waals surface area (Å²) in [5.41, 5.74) is 2.38. The zero-order chi connectivity index (χ0) is 10.5. The summed E-state index contributed by atoms with van der Waals surface area (Å²) < 4.78 is 0. The SMILES string of the molecule is CC1CCNC(=Cc2ccccn2)CC1. The smallest absolute Gasteiger partial charge is 0.0646 e. The van der Waals surface area contributed by atoms with Gasteiger partial charge < -0.3 is 5.32 Å². The van der Waals surface area contributed by atoms with Gasteiger partial charge in [0.1, 0.15) is 0 Å². The molecule has 1 aromatic heterocycles. The van der Waals surface area contributed by atoms with E-state index in [9.17, 15) is 0 Å². The van der Waals surface area contributed by atoms with Crippen LogP contribution in [-0.4, -0.2) is 11.5 Å². The molecule has 0 amide bonds. The van der Waals surface area contributed by atoms with E-state index in [1.165, 1.54) is 18.5 Å². The normalized spacial score (nSPS) is 24.6. The topological polar surface area (TPSA) is 24.9 Å². The molecule has 2 heteroatoms. The molecule has 2 nitrogen and oxygen atoms in total. The van der Waals surface area contributed by atoms with E-state index < -0.39 is 0 Å². The molecule has 0 aliphatic carbocycles. The lowest BCUT2D eigenvalue weighted by Gasteiger charge is -2.05. The van der Waals surface area contributed by atoms with Crippen molar-refractivity contribution in [3.63, 3.8) is 0 Å². The molecule has 0 saturated carbocycles. The van der Waals surface area contributed by atoms with E-state index in [4.69, 9.17) is 0 Å². The van der Waals surface area contributed by atoms with Gasteiger partial charge in [0.05, 0.1) is 5.69 Å². The molecule has 2 rings (SSSR count). The highest BCUT2D eigenvalue weighted by atomic mass is 14.9. The molecular formula is C13H18N2. The number of nitrogens with zero attached hydrogens (tertiary/aromatic N) is 1. The van der Waals surface area contributed by atoms with Gasteiger partial charge in [-0.1, -0.05) is 13.0 Å². The molecule has 0 aromatic carbocycles. The first-order chi connectivity index (χ1) is 7.34. The molecule has 0 bridgehead atoms. The van der Waals surface area contributed by atoms with Crippen LogP contribution in [0.15, 0.2) is 30.1 Å². The molecular weight excluding hydrogens is 184 g/mol. The summed E-state index contributed by atoms with van der Waals surface area (Å²) in [7, 11) is 0. The summed E-state index contributed by atoms with van der Waals surface area (Å²) in [6, 6.07) is 6.02. The predicted molar refractivity (Wildman–Crippen MR) is 63.2 cm³/mol.